The highest BCUT2D eigenvalue weighted by molar-refractivity contribution is 9.10. The third-order valence-corrected chi connectivity index (χ3v) is 6.04. The minimum Gasteiger partial charge on any atom is -0.322 e. The summed E-state index contributed by atoms with van der Waals surface area (Å²) in [6, 6.07) is 18.7. The minimum absolute atomic E-state index is 0.249. The zero-order valence-electron chi connectivity index (χ0n) is 16.5. The maximum atomic E-state index is 12.8. The van der Waals surface area contributed by atoms with E-state index in [9.17, 15) is 9.59 Å². The Morgan fingerprint density at radius 1 is 1.06 bits per heavy atom. The van der Waals surface area contributed by atoms with Crippen LogP contribution in [-0.2, 0) is 6.42 Å². The van der Waals surface area contributed by atoms with Gasteiger partial charge < -0.3 is 5.32 Å². The van der Waals surface area contributed by atoms with Crippen LogP contribution in [-0.4, -0.2) is 25.9 Å². The second kappa shape index (κ2) is 9.32. The molecule has 4 rings (SSSR count). The van der Waals surface area contributed by atoms with Crippen LogP contribution in [0, 0.1) is 0 Å². The molecule has 156 valence electrons. The average Bonchev–Trinajstić information content (AvgIpc) is 3.21. The van der Waals surface area contributed by atoms with Crippen molar-refractivity contribution in [2.24, 2.45) is 0 Å². The molecule has 0 spiro atoms. The first-order chi connectivity index (χ1) is 15.0. The van der Waals surface area contributed by atoms with Gasteiger partial charge in [0.2, 0.25) is 0 Å². The lowest BCUT2D eigenvalue weighted by atomic mass is 10.2. The van der Waals surface area contributed by atoms with Gasteiger partial charge >= 0.3 is 0 Å². The first kappa shape index (κ1) is 21.1. The number of amides is 1. The number of nitrogens with zero attached hydrogens (tertiary/aromatic N) is 3. The second-order valence-corrected chi connectivity index (χ2v) is 8.65. The van der Waals surface area contributed by atoms with Crippen LogP contribution in [0.3, 0.4) is 0 Å². The van der Waals surface area contributed by atoms with Gasteiger partial charge in [0.1, 0.15) is 0 Å². The van der Waals surface area contributed by atoms with E-state index in [1.165, 1.54) is 12.3 Å². The number of anilines is 1. The van der Waals surface area contributed by atoms with Crippen molar-refractivity contribution in [2.75, 3.05) is 5.32 Å². The average molecular weight is 496 g/mol. The zero-order valence-corrected chi connectivity index (χ0v) is 18.9. The normalized spacial score (nSPS) is 10.8. The van der Waals surface area contributed by atoms with Crippen LogP contribution >= 0.6 is 27.7 Å². The Hall–Kier alpha value is -3.17. The number of hydrogen-bond donors (Lipinski definition) is 2. The number of hydrogen-bond acceptors (Lipinski definition) is 5. The van der Waals surface area contributed by atoms with Gasteiger partial charge in [0.15, 0.2) is 5.82 Å². The molecule has 0 unspecified atom stereocenters. The number of carbonyl (C=O) groups excluding carboxylic acids is 1. The van der Waals surface area contributed by atoms with E-state index in [-0.39, 0.29) is 11.5 Å². The van der Waals surface area contributed by atoms with Crippen molar-refractivity contribution in [3.63, 3.8) is 0 Å². The molecule has 0 fully saturated rings. The summed E-state index contributed by atoms with van der Waals surface area (Å²) in [6.45, 7) is 1.93. The van der Waals surface area contributed by atoms with Crippen LogP contribution in [0.15, 0.2) is 85.9 Å². The topological polar surface area (TPSA) is 92.7 Å². The smallest absolute Gasteiger partial charge is 0.264 e. The molecule has 0 aliphatic rings. The van der Waals surface area contributed by atoms with Gasteiger partial charge in [0.25, 0.3) is 11.5 Å². The van der Waals surface area contributed by atoms with Crippen molar-refractivity contribution in [1.29, 1.82) is 0 Å². The summed E-state index contributed by atoms with van der Waals surface area (Å²) in [7, 11) is 0. The molecule has 2 N–H and O–H groups in total. The number of halogens is 1. The lowest BCUT2D eigenvalue weighted by Gasteiger charge is -2.08. The summed E-state index contributed by atoms with van der Waals surface area (Å²) in [4.78, 5) is 26.3. The maximum absolute atomic E-state index is 12.8. The molecule has 0 aliphatic heterocycles. The lowest BCUT2D eigenvalue weighted by molar-refractivity contribution is 0.102. The highest BCUT2D eigenvalue weighted by Crippen LogP contribution is 2.29. The van der Waals surface area contributed by atoms with E-state index in [1.807, 2.05) is 55.5 Å². The number of H-pyrrole nitrogens is 1. The van der Waals surface area contributed by atoms with E-state index < -0.39 is 0 Å². The molecule has 0 aliphatic carbocycles. The fourth-order valence-electron chi connectivity index (χ4n) is 3.00. The summed E-state index contributed by atoms with van der Waals surface area (Å²) in [5.41, 5.74) is 1.57. The van der Waals surface area contributed by atoms with Crippen molar-refractivity contribution in [2.45, 2.75) is 23.1 Å². The van der Waals surface area contributed by atoms with E-state index in [4.69, 9.17) is 0 Å². The van der Waals surface area contributed by atoms with Gasteiger partial charge in [-0.05, 0) is 61.0 Å². The largest absolute Gasteiger partial charge is 0.322 e. The summed E-state index contributed by atoms with van der Waals surface area (Å²) >= 11 is 5.09. The Bertz CT molecular complexity index is 1250. The van der Waals surface area contributed by atoms with Gasteiger partial charge in [-0.3, -0.25) is 9.59 Å². The highest BCUT2D eigenvalue weighted by atomic mass is 79.9. The molecule has 31 heavy (non-hydrogen) atoms. The fourth-order valence-corrected chi connectivity index (χ4v) is 4.08. The standard InChI is InChI=1S/C22H18BrN5O2S/c1-2-19-18(13-24-28(19)20-11-12-21(29)27-26-20)22(30)25-15-5-9-17(10-6-15)31-16-7-3-14(23)4-8-16/h3-13H,2H2,1H3,(H,25,30)(H,27,29). The van der Waals surface area contributed by atoms with Crippen molar-refractivity contribution in [3.05, 3.63) is 92.9 Å². The number of nitrogens with one attached hydrogen (secondary N) is 2. The quantitative estimate of drug-likeness (QED) is 0.404. The molecular weight excluding hydrogens is 478 g/mol. The van der Waals surface area contributed by atoms with E-state index in [0.29, 0.717) is 29.2 Å². The Balaban J connectivity index is 1.48. The Morgan fingerprint density at radius 2 is 1.74 bits per heavy atom. The zero-order chi connectivity index (χ0) is 21.8. The van der Waals surface area contributed by atoms with Crippen LogP contribution < -0.4 is 10.9 Å². The van der Waals surface area contributed by atoms with Crippen molar-refractivity contribution < 1.29 is 4.79 Å². The van der Waals surface area contributed by atoms with Gasteiger partial charge in [-0.2, -0.15) is 10.2 Å². The monoisotopic (exact) mass is 495 g/mol. The first-order valence-electron chi connectivity index (χ1n) is 9.51. The summed E-state index contributed by atoms with van der Waals surface area (Å²) in [5.74, 6) is 0.200. The Labute approximate surface area is 191 Å². The van der Waals surface area contributed by atoms with Crippen molar-refractivity contribution >= 4 is 39.3 Å². The Morgan fingerprint density at radius 3 is 2.35 bits per heavy atom. The van der Waals surface area contributed by atoms with Gasteiger partial charge in [0.05, 0.1) is 17.5 Å². The van der Waals surface area contributed by atoms with Crippen LogP contribution in [0.25, 0.3) is 5.82 Å². The summed E-state index contributed by atoms with van der Waals surface area (Å²) in [6.07, 6.45) is 2.09. The van der Waals surface area contributed by atoms with Crippen LogP contribution in [0.1, 0.15) is 23.0 Å². The molecule has 0 atom stereocenters. The molecule has 0 saturated carbocycles. The number of carbonyl (C=O) groups is 1. The predicted molar refractivity (Wildman–Crippen MR) is 124 cm³/mol. The highest BCUT2D eigenvalue weighted by Gasteiger charge is 2.18. The van der Waals surface area contributed by atoms with E-state index >= 15 is 0 Å². The molecule has 7 nitrogen and oxygen atoms in total. The van der Waals surface area contributed by atoms with Gasteiger partial charge in [-0.25, -0.2) is 9.78 Å². The molecule has 9 heteroatoms. The molecule has 0 radical (unpaired) electrons. The molecular formula is C22H18BrN5O2S. The fraction of sp³-hybridized carbons (Fsp3) is 0.0909. The predicted octanol–water partition coefficient (Wildman–Crippen LogP) is 4.68. The minimum atomic E-state index is -0.298. The first-order valence-corrected chi connectivity index (χ1v) is 11.1. The second-order valence-electron chi connectivity index (χ2n) is 6.58. The number of rotatable bonds is 6. The van der Waals surface area contributed by atoms with E-state index in [1.54, 1.807) is 22.5 Å². The molecule has 4 aromatic rings. The molecule has 1 amide bonds. The van der Waals surface area contributed by atoms with Crippen molar-refractivity contribution in [3.8, 4) is 5.82 Å². The summed E-state index contributed by atoms with van der Waals surface area (Å²) < 4.78 is 2.60. The SMILES string of the molecule is CCc1c(C(=O)Nc2ccc(Sc3ccc(Br)cc3)cc2)cnn1-c1ccc(=O)[nH]n1. The van der Waals surface area contributed by atoms with Gasteiger partial charge in [-0.15, -0.1) is 0 Å². The number of benzene rings is 2. The number of aromatic nitrogens is 4. The molecule has 2 aromatic heterocycles. The van der Waals surface area contributed by atoms with Crippen LogP contribution in [0.4, 0.5) is 5.69 Å². The molecule has 0 bridgehead atoms. The maximum Gasteiger partial charge on any atom is 0.264 e. The van der Waals surface area contributed by atoms with E-state index in [0.717, 1.165) is 14.3 Å². The third kappa shape index (κ3) is 4.95. The third-order valence-electron chi connectivity index (χ3n) is 4.49. The van der Waals surface area contributed by atoms with Gasteiger partial charge in [-0.1, -0.05) is 34.6 Å². The van der Waals surface area contributed by atoms with Crippen LogP contribution in [0.5, 0.6) is 0 Å². The van der Waals surface area contributed by atoms with Crippen molar-refractivity contribution in [1.82, 2.24) is 20.0 Å². The Kier molecular flexibility index (Phi) is 6.34. The van der Waals surface area contributed by atoms with Crippen LogP contribution in [0.2, 0.25) is 0 Å². The molecule has 2 heterocycles. The molecule has 0 saturated heterocycles. The number of aromatic amines is 1. The summed E-state index contributed by atoms with van der Waals surface area (Å²) in [5, 5.41) is 13.6. The van der Waals surface area contributed by atoms with Gasteiger partial charge in [0, 0.05) is 26.0 Å². The lowest BCUT2D eigenvalue weighted by Crippen LogP contribution is -2.15. The molecule has 2 aromatic carbocycles. The van der Waals surface area contributed by atoms with E-state index in [2.05, 4.69) is 36.5 Å².